The van der Waals surface area contributed by atoms with Crippen molar-refractivity contribution in [2.45, 2.75) is 19.1 Å². The van der Waals surface area contributed by atoms with Crippen molar-refractivity contribution in [2.24, 2.45) is 5.73 Å². The maximum atomic E-state index is 12.2. The molecule has 14 heavy (non-hydrogen) atoms. The highest BCUT2D eigenvalue weighted by Crippen LogP contribution is 2.33. The summed E-state index contributed by atoms with van der Waals surface area (Å²) in [6, 6.07) is 3.17. The second kappa shape index (κ2) is 3.90. The van der Waals surface area contributed by atoms with Crippen LogP contribution in [0, 0.1) is 0 Å². The summed E-state index contributed by atoms with van der Waals surface area (Å²) in [5, 5.41) is 0. The van der Waals surface area contributed by atoms with Crippen molar-refractivity contribution in [3.63, 3.8) is 0 Å². The fourth-order valence-electron chi connectivity index (χ4n) is 1.07. The van der Waals surface area contributed by atoms with E-state index < -0.39 is 11.7 Å². The van der Waals surface area contributed by atoms with E-state index in [4.69, 9.17) is 5.73 Å². The topological polar surface area (TPSA) is 26.0 Å². The Bertz CT molecular complexity index is 333. The Morgan fingerprint density at radius 1 is 1.36 bits per heavy atom. The number of rotatable bonds is 1. The molecule has 1 aromatic rings. The van der Waals surface area contributed by atoms with Gasteiger partial charge in [0.25, 0.3) is 0 Å². The monoisotopic (exact) mass is 267 g/mol. The smallest absolute Gasteiger partial charge is 0.324 e. The minimum atomic E-state index is -4.31. The number of benzene rings is 1. The van der Waals surface area contributed by atoms with Crippen molar-refractivity contribution < 1.29 is 13.2 Å². The molecular formula is C9H9BrF3N. The molecule has 0 saturated heterocycles. The molecule has 5 heteroatoms. The predicted molar refractivity (Wildman–Crippen MR) is 51.7 cm³/mol. The summed E-state index contributed by atoms with van der Waals surface area (Å²) < 4.78 is 37.1. The zero-order valence-electron chi connectivity index (χ0n) is 7.40. The van der Waals surface area contributed by atoms with Crippen LogP contribution in [0.2, 0.25) is 0 Å². The first-order chi connectivity index (χ1) is 6.32. The minimum absolute atomic E-state index is 0.286. The van der Waals surface area contributed by atoms with Crippen LogP contribution in [0.1, 0.15) is 24.1 Å². The molecule has 0 spiro atoms. The maximum Gasteiger partial charge on any atom is 0.416 e. The Labute approximate surface area is 88.2 Å². The first-order valence-corrected chi connectivity index (χ1v) is 4.74. The van der Waals surface area contributed by atoms with Crippen LogP contribution < -0.4 is 5.73 Å². The van der Waals surface area contributed by atoms with Crippen LogP contribution in [0.3, 0.4) is 0 Å². The summed E-state index contributed by atoms with van der Waals surface area (Å²) in [6.45, 7) is 1.72. The third kappa shape index (κ3) is 2.48. The molecule has 0 aliphatic rings. The van der Waals surface area contributed by atoms with Gasteiger partial charge in [-0.3, -0.25) is 0 Å². The second-order valence-corrected chi connectivity index (χ2v) is 3.88. The molecule has 1 rings (SSSR count). The maximum absolute atomic E-state index is 12.2. The van der Waals surface area contributed by atoms with E-state index in [0.29, 0.717) is 10.0 Å². The van der Waals surface area contributed by atoms with E-state index in [9.17, 15) is 13.2 Å². The van der Waals surface area contributed by atoms with Crippen molar-refractivity contribution in [3.8, 4) is 0 Å². The van der Waals surface area contributed by atoms with Gasteiger partial charge in [0, 0.05) is 10.5 Å². The standard InChI is InChI=1S/C9H9BrF3N/c1-5(14)7-3-2-6(4-8(7)10)9(11,12)13/h2-5H,14H2,1H3/t5-/m0/s1. The molecule has 0 unspecified atom stereocenters. The fourth-order valence-corrected chi connectivity index (χ4v) is 1.81. The first kappa shape index (κ1) is 11.5. The molecule has 0 fully saturated rings. The van der Waals surface area contributed by atoms with Crippen molar-refractivity contribution in [3.05, 3.63) is 33.8 Å². The summed E-state index contributed by atoms with van der Waals surface area (Å²) >= 11 is 3.06. The Kier molecular flexibility index (Phi) is 3.21. The van der Waals surface area contributed by atoms with Crippen LogP contribution in [0.25, 0.3) is 0 Å². The predicted octanol–water partition coefficient (Wildman–Crippen LogP) is 3.49. The lowest BCUT2D eigenvalue weighted by Crippen LogP contribution is -2.09. The van der Waals surface area contributed by atoms with E-state index in [1.165, 1.54) is 6.07 Å². The fraction of sp³-hybridized carbons (Fsp3) is 0.333. The largest absolute Gasteiger partial charge is 0.416 e. The van der Waals surface area contributed by atoms with Crippen LogP contribution >= 0.6 is 15.9 Å². The molecule has 0 aliphatic carbocycles. The normalized spacial score (nSPS) is 14.1. The summed E-state index contributed by atoms with van der Waals surface area (Å²) in [6.07, 6.45) is -4.31. The zero-order chi connectivity index (χ0) is 10.9. The molecule has 2 N–H and O–H groups in total. The Balaban J connectivity index is 3.13. The lowest BCUT2D eigenvalue weighted by molar-refractivity contribution is -0.137. The van der Waals surface area contributed by atoms with Gasteiger partial charge in [0.1, 0.15) is 0 Å². The molecule has 1 aromatic carbocycles. The summed E-state index contributed by atoms with van der Waals surface area (Å²) in [4.78, 5) is 0. The Morgan fingerprint density at radius 2 is 1.93 bits per heavy atom. The lowest BCUT2D eigenvalue weighted by Gasteiger charge is -2.12. The highest BCUT2D eigenvalue weighted by atomic mass is 79.9. The van der Waals surface area contributed by atoms with Gasteiger partial charge in [-0.1, -0.05) is 22.0 Å². The number of nitrogens with two attached hydrogens (primary N) is 1. The van der Waals surface area contributed by atoms with E-state index in [1.54, 1.807) is 6.92 Å². The Morgan fingerprint density at radius 3 is 2.29 bits per heavy atom. The highest BCUT2D eigenvalue weighted by molar-refractivity contribution is 9.10. The molecule has 1 nitrogen and oxygen atoms in total. The molecule has 0 heterocycles. The minimum Gasteiger partial charge on any atom is -0.324 e. The van der Waals surface area contributed by atoms with Crippen LogP contribution in [0.4, 0.5) is 13.2 Å². The molecule has 78 valence electrons. The van der Waals surface area contributed by atoms with E-state index in [0.717, 1.165) is 12.1 Å². The average Bonchev–Trinajstić information content (AvgIpc) is 2.01. The van der Waals surface area contributed by atoms with Crippen molar-refractivity contribution in [1.82, 2.24) is 0 Å². The van der Waals surface area contributed by atoms with Crippen LogP contribution in [0.5, 0.6) is 0 Å². The molecule has 0 aromatic heterocycles. The number of alkyl halides is 3. The van der Waals surface area contributed by atoms with Gasteiger partial charge in [0.2, 0.25) is 0 Å². The van der Waals surface area contributed by atoms with Crippen LogP contribution in [-0.2, 0) is 6.18 Å². The third-order valence-electron chi connectivity index (χ3n) is 1.82. The van der Waals surface area contributed by atoms with Crippen LogP contribution in [0.15, 0.2) is 22.7 Å². The van der Waals surface area contributed by atoms with E-state index >= 15 is 0 Å². The van der Waals surface area contributed by atoms with Crippen molar-refractivity contribution in [1.29, 1.82) is 0 Å². The van der Waals surface area contributed by atoms with Crippen molar-refractivity contribution >= 4 is 15.9 Å². The van der Waals surface area contributed by atoms with Gasteiger partial charge in [-0.2, -0.15) is 13.2 Å². The quantitative estimate of drug-likeness (QED) is 0.828. The second-order valence-electron chi connectivity index (χ2n) is 3.02. The molecular weight excluding hydrogens is 259 g/mol. The van der Waals surface area contributed by atoms with Gasteiger partial charge in [-0.25, -0.2) is 0 Å². The van der Waals surface area contributed by atoms with Gasteiger partial charge in [-0.15, -0.1) is 0 Å². The van der Waals surface area contributed by atoms with Gasteiger partial charge in [0.15, 0.2) is 0 Å². The van der Waals surface area contributed by atoms with Gasteiger partial charge in [0.05, 0.1) is 5.56 Å². The zero-order valence-corrected chi connectivity index (χ0v) is 8.98. The molecule has 0 saturated carbocycles. The SMILES string of the molecule is C[C@H](N)c1ccc(C(F)(F)F)cc1Br. The van der Waals surface area contributed by atoms with E-state index in [2.05, 4.69) is 15.9 Å². The van der Waals surface area contributed by atoms with Gasteiger partial charge >= 0.3 is 6.18 Å². The number of hydrogen-bond acceptors (Lipinski definition) is 1. The number of halogens is 4. The molecule has 0 radical (unpaired) electrons. The number of hydrogen-bond donors (Lipinski definition) is 1. The highest BCUT2D eigenvalue weighted by Gasteiger charge is 2.30. The van der Waals surface area contributed by atoms with Gasteiger partial charge < -0.3 is 5.73 Å². The average molecular weight is 268 g/mol. The summed E-state index contributed by atoms with van der Waals surface area (Å²) in [5.41, 5.74) is 5.55. The molecule has 1 atom stereocenters. The molecule has 0 amide bonds. The Hall–Kier alpha value is -0.550. The third-order valence-corrected chi connectivity index (χ3v) is 2.51. The molecule has 0 bridgehead atoms. The first-order valence-electron chi connectivity index (χ1n) is 3.94. The van der Waals surface area contributed by atoms with Crippen LogP contribution in [-0.4, -0.2) is 0 Å². The van der Waals surface area contributed by atoms with E-state index in [1.807, 2.05) is 0 Å². The summed E-state index contributed by atoms with van der Waals surface area (Å²) in [5.74, 6) is 0. The molecule has 0 aliphatic heterocycles. The van der Waals surface area contributed by atoms with Crippen molar-refractivity contribution in [2.75, 3.05) is 0 Å². The van der Waals surface area contributed by atoms with Gasteiger partial charge in [-0.05, 0) is 24.6 Å². The van der Waals surface area contributed by atoms with E-state index in [-0.39, 0.29) is 6.04 Å². The summed E-state index contributed by atoms with van der Waals surface area (Å²) in [7, 11) is 0. The lowest BCUT2D eigenvalue weighted by atomic mass is 10.1.